The first-order valence-electron chi connectivity index (χ1n) is 8.29. The second kappa shape index (κ2) is 8.31. The molecule has 0 spiro atoms. The molecule has 1 fully saturated rings. The maximum Gasteiger partial charge on any atom is 0.220 e. The molecule has 27 heavy (non-hydrogen) atoms. The number of aromatic nitrogens is 1. The summed E-state index contributed by atoms with van der Waals surface area (Å²) in [5.74, 6) is -3.07. The second-order valence-corrected chi connectivity index (χ2v) is 8.10. The first-order chi connectivity index (χ1) is 12.9. The van der Waals surface area contributed by atoms with Crippen molar-refractivity contribution in [2.24, 2.45) is 5.92 Å². The van der Waals surface area contributed by atoms with Gasteiger partial charge < -0.3 is 10.1 Å². The van der Waals surface area contributed by atoms with Gasteiger partial charge >= 0.3 is 0 Å². The van der Waals surface area contributed by atoms with E-state index in [4.69, 9.17) is 16.3 Å². The Balaban J connectivity index is 1.81. The van der Waals surface area contributed by atoms with Crippen molar-refractivity contribution in [1.82, 2.24) is 10.3 Å². The highest BCUT2D eigenvalue weighted by atomic mass is 35.5. The molecule has 3 rings (SSSR count). The minimum absolute atomic E-state index is 0.0577. The van der Waals surface area contributed by atoms with Gasteiger partial charge in [0.25, 0.3) is 0 Å². The zero-order chi connectivity index (χ0) is 19.6. The summed E-state index contributed by atoms with van der Waals surface area (Å²) in [4.78, 5) is 28.3. The van der Waals surface area contributed by atoms with E-state index in [1.165, 1.54) is 24.6 Å². The van der Waals surface area contributed by atoms with Crippen molar-refractivity contribution >= 4 is 34.6 Å². The van der Waals surface area contributed by atoms with E-state index in [1.54, 1.807) is 0 Å². The van der Waals surface area contributed by atoms with E-state index in [9.17, 15) is 18.4 Å². The number of benzene rings is 1. The fourth-order valence-corrected chi connectivity index (χ4v) is 4.30. The van der Waals surface area contributed by atoms with Crippen LogP contribution in [-0.2, 0) is 16.0 Å². The maximum atomic E-state index is 14.5. The fraction of sp³-hybridized carbons (Fsp3) is 0.389. The predicted molar refractivity (Wildman–Crippen MR) is 97.2 cm³/mol. The first-order valence-corrected chi connectivity index (χ1v) is 9.48. The average Bonchev–Trinajstić information content (AvgIpc) is 3.01. The Labute approximate surface area is 163 Å². The Hall–Kier alpha value is -2.06. The molecule has 0 saturated carbocycles. The largest absolute Gasteiger partial charge is 0.497 e. The van der Waals surface area contributed by atoms with E-state index in [2.05, 4.69) is 10.3 Å². The van der Waals surface area contributed by atoms with Crippen molar-refractivity contribution in [3.05, 3.63) is 44.9 Å². The van der Waals surface area contributed by atoms with Crippen molar-refractivity contribution in [1.29, 1.82) is 0 Å². The molecular weight excluding hydrogens is 398 g/mol. The van der Waals surface area contributed by atoms with Crippen LogP contribution in [0.5, 0.6) is 5.75 Å². The van der Waals surface area contributed by atoms with Gasteiger partial charge in [-0.05, 0) is 5.92 Å². The van der Waals surface area contributed by atoms with Crippen LogP contribution in [0.4, 0.5) is 8.78 Å². The quantitative estimate of drug-likeness (QED) is 0.785. The standard InChI is InChI=1S/C18H17ClF2N2O3S/c1-26-11-4-13(20)18(14(21)5-11)12-6-16(25)22-7-9(12)2-10(24)3-17-23-8-15(19)27-17/h4-5,8-9,12H,2-3,6-7H2,1H3,(H,22,25)/t9-,12-/m1/s1. The smallest absolute Gasteiger partial charge is 0.220 e. The van der Waals surface area contributed by atoms with Gasteiger partial charge in [0.1, 0.15) is 32.5 Å². The molecular formula is C18H17ClF2N2O3S. The highest BCUT2D eigenvalue weighted by molar-refractivity contribution is 7.15. The summed E-state index contributed by atoms with van der Waals surface area (Å²) in [5.41, 5.74) is -0.180. The molecule has 0 radical (unpaired) electrons. The lowest BCUT2D eigenvalue weighted by molar-refractivity contribution is -0.125. The Morgan fingerprint density at radius 1 is 1.41 bits per heavy atom. The van der Waals surface area contributed by atoms with Crippen LogP contribution in [-0.4, -0.2) is 30.3 Å². The van der Waals surface area contributed by atoms with Gasteiger partial charge in [-0.25, -0.2) is 13.8 Å². The van der Waals surface area contributed by atoms with Crippen LogP contribution in [0.15, 0.2) is 18.3 Å². The van der Waals surface area contributed by atoms with Gasteiger partial charge in [-0.3, -0.25) is 9.59 Å². The monoisotopic (exact) mass is 414 g/mol. The zero-order valence-electron chi connectivity index (χ0n) is 14.4. The number of carbonyl (C=O) groups excluding carboxylic acids is 2. The average molecular weight is 415 g/mol. The number of thiazole rings is 1. The van der Waals surface area contributed by atoms with E-state index in [1.807, 2.05) is 0 Å². The number of rotatable bonds is 6. The number of carbonyl (C=O) groups is 2. The van der Waals surface area contributed by atoms with E-state index < -0.39 is 23.5 Å². The van der Waals surface area contributed by atoms with Gasteiger partial charge in [0.05, 0.1) is 19.7 Å². The molecule has 1 amide bonds. The van der Waals surface area contributed by atoms with Gasteiger partial charge in [-0.1, -0.05) is 11.6 Å². The van der Waals surface area contributed by atoms with E-state index in [0.717, 1.165) is 12.1 Å². The first kappa shape index (κ1) is 19.7. The maximum absolute atomic E-state index is 14.5. The van der Waals surface area contributed by atoms with Crippen LogP contribution in [0, 0.1) is 17.6 Å². The molecule has 1 aromatic heterocycles. The molecule has 2 atom stereocenters. The topological polar surface area (TPSA) is 68.3 Å². The number of nitrogens with zero attached hydrogens (tertiary/aromatic N) is 1. The third-order valence-corrected chi connectivity index (χ3v) is 5.67. The van der Waals surface area contributed by atoms with Crippen LogP contribution in [0.25, 0.3) is 0 Å². The Morgan fingerprint density at radius 3 is 2.70 bits per heavy atom. The summed E-state index contributed by atoms with van der Waals surface area (Å²) in [6, 6.07) is 2.17. The lowest BCUT2D eigenvalue weighted by Gasteiger charge is -2.32. The summed E-state index contributed by atoms with van der Waals surface area (Å²) in [5, 5.41) is 3.26. The number of piperidine rings is 1. The number of nitrogens with one attached hydrogen (secondary N) is 1. The van der Waals surface area contributed by atoms with Gasteiger partial charge in [-0.15, -0.1) is 11.3 Å². The SMILES string of the molecule is COc1cc(F)c([C@@H]2CC(=O)NC[C@H]2CC(=O)Cc2ncc(Cl)s2)c(F)c1. The number of ether oxygens (including phenoxy) is 1. The normalized spacial score (nSPS) is 19.6. The number of hydrogen-bond donors (Lipinski definition) is 1. The fourth-order valence-electron chi connectivity index (χ4n) is 3.31. The third-order valence-electron chi connectivity index (χ3n) is 4.56. The number of methoxy groups -OCH3 is 1. The van der Waals surface area contributed by atoms with Crippen LogP contribution >= 0.6 is 22.9 Å². The van der Waals surface area contributed by atoms with Gasteiger partial charge in [0.15, 0.2) is 0 Å². The number of hydrogen-bond acceptors (Lipinski definition) is 5. The van der Waals surface area contributed by atoms with Crippen molar-refractivity contribution in [3.63, 3.8) is 0 Å². The molecule has 1 N–H and O–H groups in total. The predicted octanol–water partition coefficient (Wildman–Crippen LogP) is 3.50. The zero-order valence-corrected chi connectivity index (χ0v) is 16.0. The Kier molecular flexibility index (Phi) is 6.06. The lowest BCUT2D eigenvalue weighted by Crippen LogP contribution is -2.41. The third kappa shape index (κ3) is 4.62. The van der Waals surface area contributed by atoms with Crippen LogP contribution in [0.2, 0.25) is 4.34 Å². The summed E-state index contributed by atoms with van der Waals surface area (Å²) < 4.78 is 34.4. The van der Waals surface area contributed by atoms with Gasteiger partial charge in [0.2, 0.25) is 5.91 Å². The number of ketones is 1. The van der Waals surface area contributed by atoms with Gasteiger partial charge in [-0.2, -0.15) is 0 Å². The van der Waals surface area contributed by atoms with Crippen molar-refractivity contribution in [2.45, 2.75) is 25.2 Å². The molecule has 2 aromatic rings. The molecule has 1 saturated heterocycles. The molecule has 1 aromatic carbocycles. The molecule has 9 heteroatoms. The molecule has 0 unspecified atom stereocenters. The molecule has 1 aliphatic heterocycles. The van der Waals surface area contributed by atoms with Crippen LogP contribution < -0.4 is 10.1 Å². The Bertz CT molecular complexity index is 851. The summed E-state index contributed by atoms with van der Waals surface area (Å²) in [6.45, 7) is 0.179. The molecule has 144 valence electrons. The molecule has 2 heterocycles. The highest BCUT2D eigenvalue weighted by Crippen LogP contribution is 2.37. The highest BCUT2D eigenvalue weighted by Gasteiger charge is 2.35. The molecule has 0 aliphatic carbocycles. The Morgan fingerprint density at radius 2 is 2.11 bits per heavy atom. The second-order valence-electron chi connectivity index (χ2n) is 6.36. The summed E-state index contributed by atoms with van der Waals surface area (Å²) in [7, 11) is 1.31. The van der Waals surface area contributed by atoms with E-state index in [-0.39, 0.29) is 48.8 Å². The van der Waals surface area contributed by atoms with Gasteiger partial charge in [0, 0.05) is 43.0 Å². The molecule has 1 aliphatic rings. The van der Waals surface area contributed by atoms with E-state index >= 15 is 0 Å². The molecule has 5 nitrogen and oxygen atoms in total. The number of halogens is 3. The van der Waals surface area contributed by atoms with E-state index in [0.29, 0.717) is 9.34 Å². The number of amides is 1. The van der Waals surface area contributed by atoms with Crippen molar-refractivity contribution in [3.8, 4) is 5.75 Å². The van der Waals surface area contributed by atoms with Crippen LogP contribution in [0.1, 0.15) is 29.3 Å². The number of Topliss-reactive ketones (excluding diaryl/α,β-unsaturated/α-hetero) is 1. The van der Waals surface area contributed by atoms with Crippen LogP contribution in [0.3, 0.4) is 0 Å². The molecule has 0 bridgehead atoms. The summed E-state index contributed by atoms with van der Waals surface area (Å²) >= 11 is 7.03. The minimum Gasteiger partial charge on any atom is -0.497 e. The van der Waals surface area contributed by atoms with Crippen molar-refractivity contribution < 1.29 is 23.1 Å². The lowest BCUT2D eigenvalue weighted by atomic mass is 9.77. The van der Waals surface area contributed by atoms with Crippen molar-refractivity contribution in [2.75, 3.05) is 13.7 Å². The minimum atomic E-state index is -0.782. The summed E-state index contributed by atoms with van der Waals surface area (Å²) in [6.07, 6.45) is 1.57.